The fourth-order valence-corrected chi connectivity index (χ4v) is 6.62. The fraction of sp³-hybridized carbons (Fsp3) is 0. The molecule has 0 N–H and O–H groups in total. The lowest BCUT2D eigenvalue weighted by Gasteiger charge is -2.20. The average molecular weight is 542 g/mol. The van der Waals surface area contributed by atoms with Gasteiger partial charge in [-0.05, 0) is 45.8 Å². The van der Waals surface area contributed by atoms with Crippen LogP contribution in [0.3, 0.4) is 0 Å². The summed E-state index contributed by atoms with van der Waals surface area (Å²) in [5, 5.41) is 2.57. The molecule has 4 heteroatoms. The highest BCUT2D eigenvalue weighted by molar-refractivity contribution is 7.99. The maximum atomic E-state index is 5.01. The van der Waals surface area contributed by atoms with Gasteiger partial charge < -0.3 is 0 Å². The second-order valence-corrected chi connectivity index (χ2v) is 11.2. The molecule has 0 amide bonds. The van der Waals surface area contributed by atoms with Crippen molar-refractivity contribution in [2.24, 2.45) is 0 Å². The highest BCUT2D eigenvalue weighted by Crippen LogP contribution is 2.48. The van der Waals surface area contributed by atoms with Crippen LogP contribution in [0.2, 0.25) is 0 Å². The minimum atomic E-state index is 0.660. The predicted molar refractivity (Wildman–Crippen MR) is 169 cm³/mol. The first-order chi connectivity index (χ1) is 20.3. The zero-order valence-corrected chi connectivity index (χ0v) is 22.8. The van der Waals surface area contributed by atoms with E-state index in [4.69, 9.17) is 15.0 Å². The van der Waals surface area contributed by atoms with Crippen molar-refractivity contribution >= 4 is 22.5 Å². The van der Waals surface area contributed by atoms with Crippen molar-refractivity contribution in [2.45, 2.75) is 9.79 Å². The van der Waals surface area contributed by atoms with E-state index in [0.717, 1.165) is 22.3 Å². The molecule has 0 unspecified atom stereocenters. The van der Waals surface area contributed by atoms with Crippen LogP contribution in [0, 0.1) is 0 Å². The van der Waals surface area contributed by atoms with E-state index in [-0.39, 0.29) is 0 Å². The Balaban J connectivity index is 1.27. The van der Waals surface area contributed by atoms with Crippen molar-refractivity contribution in [2.75, 3.05) is 0 Å². The van der Waals surface area contributed by atoms with E-state index in [9.17, 15) is 0 Å². The minimum absolute atomic E-state index is 0.660. The Bertz CT molecular complexity index is 2050. The molecule has 0 radical (unpaired) electrons. The molecule has 0 atom stereocenters. The SMILES string of the molecule is c1ccc(-c2ccc(-c3nc(-c4ccccc4)nc(-c4ccc5c(c4)-c4cccc6cccc(c46)S5)n3)cc2)cc1. The Morgan fingerprint density at radius 1 is 0.366 bits per heavy atom. The van der Waals surface area contributed by atoms with E-state index >= 15 is 0 Å². The van der Waals surface area contributed by atoms with Crippen molar-refractivity contribution in [3.05, 3.63) is 140 Å². The smallest absolute Gasteiger partial charge is 0.164 e. The van der Waals surface area contributed by atoms with Gasteiger partial charge in [-0.2, -0.15) is 0 Å². The van der Waals surface area contributed by atoms with Gasteiger partial charge in [0.15, 0.2) is 17.5 Å². The first kappa shape index (κ1) is 23.8. The molecule has 0 saturated carbocycles. The second-order valence-electron chi connectivity index (χ2n) is 10.1. The molecular formula is C37H23N3S. The third kappa shape index (κ3) is 4.30. The predicted octanol–water partition coefficient (Wildman–Crippen LogP) is 9.82. The standard InChI is InChI=1S/C37H23N3S/c1-3-9-24(10-4-1)25-17-19-28(20-18-25)36-38-35(27-11-5-2-6-12-27)39-37(40-36)29-21-22-32-31(23-29)30-15-7-13-26-14-8-16-33(41-32)34(26)30/h1-23H. The van der Waals surface area contributed by atoms with Crippen LogP contribution in [0.1, 0.15) is 0 Å². The molecule has 6 aromatic carbocycles. The van der Waals surface area contributed by atoms with Gasteiger partial charge in [-0.1, -0.05) is 133 Å². The van der Waals surface area contributed by atoms with Gasteiger partial charge in [-0.25, -0.2) is 15.0 Å². The topological polar surface area (TPSA) is 38.7 Å². The number of benzene rings is 6. The quantitative estimate of drug-likeness (QED) is 0.222. The molecule has 3 nitrogen and oxygen atoms in total. The summed E-state index contributed by atoms with van der Waals surface area (Å²) in [5.74, 6) is 1.99. The van der Waals surface area contributed by atoms with Crippen molar-refractivity contribution in [1.82, 2.24) is 15.0 Å². The Morgan fingerprint density at radius 3 is 1.61 bits per heavy atom. The Hall–Kier alpha value is -5.06. The van der Waals surface area contributed by atoms with Crippen LogP contribution in [0.25, 0.3) is 67.2 Å². The van der Waals surface area contributed by atoms with E-state index in [1.165, 1.54) is 37.3 Å². The van der Waals surface area contributed by atoms with Crippen molar-refractivity contribution in [1.29, 1.82) is 0 Å². The largest absolute Gasteiger partial charge is 0.208 e. The summed E-state index contributed by atoms with van der Waals surface area (Å²) in [4.78, 5) is 17.5. The molecule has 0 spiro atoms. The summed E-state index contributed by atoms with van der Waals surface area (Å²) < 4.78 is 0. The van der Waals surface area contributed by atoms with Crippen molar-refractivity contribution in [3.8, 4) is 56.4 Å². The van der Waals surface area contributed by atoms with Crippen LogP contribution in [0.4, 0.5) is 0 Å². The van der Waals surface area contributed by atoms with Crippen LogP contribution >= 0.6 is 11.8 Å². The second kappa shape index (κ2) is 9.84. The Kier molecular flexibility index (Phi) is 5.71. The highest BCUT2D eigenvalue weighted by atomic mass is 32.2. The summed E-state index contributed by atoms with van der Waals surface area (Å²) in [5.41, 5.74) is 7.71. The lowest BCUT2D eigenvalue weighted by atomic mass is 9.96. The van der Waals surface area contributed by atoms with Gasteiger partial charge in [0.05, 0.1) is 0 Å². The third-order valence-electron chi connectivity index (χ3n) is 7.53. The van der Waals surface area contributed by atoms with E-state index in [0.29, 0.717) is 17.5 Å². The van der Waals surface area contributed by atoms with E-state index in [2.05, 4.69) is 103 Å². The third-order valence-corrected chi connectivity index (χ3v) is 8.67. The van der Waals surface area contributed by atoms with Gasteiger partial charge in [0.2, 0.25) is 0 Å². The Morgan fingerprint density at radius 2 is 0.902 bits per heavy atom. The number of rotatable bonds is 4. The fourth-order valence-electron chi connectivity index (χ4n) is 5.50. The van der Waals surface area contributed by atoms with Gasteiger partial charge in [0, 0.05) is 31.9 Å². The van der Waals surface area contributed by atoms with Crippen LogP contribution in [0.5, 0.6) is 0 Å². The molecule has 1 aliphatic rings. The minimum Gasteiger partial charge on any atom is -0.208 e. The van der Waals surface area contributed by atoms with Gasteiger partial charge in [-0.15, -0.1) is 0 Å². The monoisotopic (exact) mass is 541 g/mol. The van der Waals surface area contributed by atoms with Crippen molar-refractivity contribution < 1.29 is 0 Å². The summed E-state index contributed by atoms with van der Waals surface area (Å²) in [6.07, 6.45) is 0. The van der Waals surface area contributed by atoms with Gasteiger partial charge in [-0.3, -0.25) is 0 Å². The number of nitrogens with zero attached hydrogens (tertiary/aromatic N) is 3. The van der Waals surface area contributed by atoms with Crippen LogP contribution < -0.4 is 0 Å². The van der Waals surface area contributed by atoms with Gasteiger partial charge >= 0.3 is 0 Å². The lowest BCUT2D eigenvalue weighted by Crippen LogP contribution is -2.01. The molecule has 7 aromatic rings. The average Bonchev–Trinajstić information content (AvgIpc) is 3.05. The molecule has 1 aliphatic heterocycles. The van der Waals surface area contributed by atoms with E-state index < -0.39 is 0 Å². The molecule has 1 aromatic heterocycles. The van der Waals surface area contributed by atoms with Gasteiger partial charge in [0.1, 0.15) is 0 Å². The molecular weight excluding hydrogens is 518 g/mol. The molecule has 41 heavy (non-hydrogen) atoms. The van der Waals surface area contributed by atoms with E-state index in [1.54, 1.807) is 0 Å². The molecule has 0 saturated heterocycles. The summed E-state index contributed by atoms with van der Waals surface area (Å²) in [6.45, 7) is 0. The van der Waals surface area contributed by atoms with Crippen LogP contribution in [-0.4, -0.2) is 15.0 Å². The molecule has 192 valence electrons. The normalized spacial score (nSPS) is 11.8. The number of hydrogen-bond acceptors (Lipinski definition) is 4. The molecule has 0 aliphatic carbocycles. The highest BCUT2D eigenvalue weighted by Gasteiger charge is 2.20. The number of aromatic nitrogens is 3. The molecule has 8 rings (SSSR count). The molecule has 0 fully saturated rings. The van der Waals surface area contributed by atoms with Crippen LogP contribution in [0.15, 0.2) is 149 Å². The zero-order chi connectivity index (χ0) is 27.2. The lowest BCUT2D eigenvalue weighted by molar-refractivity contribution is 1.07. The maximum absolute atomic E-state index is 5.01. The number of fused-ring (bicyclic) bond motifs is 2. The first-order valence-electron chi connectivity index (χ1n) is 13.6. The van der Waals surface area contributed by atoms with Gasteiger partial charge in [0.25, 0.3) is 0 Å². The van der Waals surface area contributed by atoms with Crippen molar-refractivity contribution in [3.63, 3.8) is 0 Å². The maximum Gasteiger partial charge on any atom is 0.164 e. The Labute approximate surface area is 242 Å². The first-order valence-corrected chi connectivity index (χ1v) is 14.4. The molecule has 0 bridgehead atoms. The zero-order valence-electron chi connectivity index (χ0n) is 22.0. The summed E-state index contributed by atoms with van der Waals surface area (Å²) in [6, 6.07) is 48.6. The van der Waals surface area contributed by atoms with E-state index in [1.807, 2.05) is 48.2 Å². The summed E-state index contributed by atoms with van der Waals surface area (Å²) in [7, 11) is 0. The van der Waals surface area contributed by atoms with Crippen LogP contribution in [-0.2, 0) is 0 Å². The summed E-state index contributed by atoms with van der Waals surface area (Å²) >= 11 is 1.83. The number of hydrogen-bond donors (Lipinski definition) is 0. The molecule has 2 heterocycles.